The van der Waals surface area contributed by atoms with Crippen molar-refractivity contribution in [3.8, 4) is 0 Å². The van der Waals surface area contributed by atoms with E-state index in [0.29, 0.717) is 5.56 Å². The highest BCUT2D eigenvalue weighted by Crippen LogP contribution is 2.41. The number of hydrogen-bond acceptors (Lipinski definition) is 3. The predicted octanol–water partition coefficient (Wildman–Crippen LogP) is 4.01. The van der Waals surface area contributed by atoms with Gasteiger partial charge in [0.2, 0.25) is 5.91 Å². The lowest BCUT2D eigenvalue weighted by Crippen LogP contribution is -2.36. The van der Waals surface area contributed by atoms with E-state index in [2.05, 4.69) is 26.1 Å². The smallest absolute Gasteiger partial charge is 0.277 e. The van der Waals surface area contributed by atoms with Crippen molar-refractivity contribution < 1.29 is 14.8 Å². The third-order valence-corrected chi connectivity index (χ3v) is 6.61. The number of amides is 2. The zero-order valence-corrected chi connectivity index (χ0v) is 18.0. The van der Waals surface area contributed by atoms with E-state index in [1.165, 1.54) is 5.56 Å². The third-order valence-electron chi connectivity index (χ3n) is 6.61. The minimum atomic E-state index is -0.406. The van der Waals surface area contributed by atoms with Crippen molar-refractivity contribution in [2.45, 2.75) is 58.4 Å². The molecule has 0 radical (unpaired) electrons. The van der Waals surface area contributed by atoms with Crippen molar-refractivity contribution in [3.63, 3.8) is 0 Å². The van der Waals surface area contributed by atoms with E-state index in [0.717, 1.165) is 54.0 Å². The molecule has 0 saturated carbocycles. The summed E-state index contributed by atoms with van der Waals surface area (Å²) >= 11 is 0. The first-order valence-electron chi connectivity index (χ1n) is 10.7. The summed E-state index contributed by atoms with van der Waals surface area (Å²) in [5.41, 5.74) is 4.60. The van der Waals surface area contributed by atoms with Crippen molar-refractivity contribution in [3.05, 3.63) is 70.3 Å². The third kappa shape index (κ3) is 3.86. The topological polar surface area (TPSA) is 69.6 Å². The molecule has 1 spiro atoms. The number of nitrogens with zero attached hydrogens (tertiary/aromatic N) is 1. The van der Waals surface area contributed by atoms with E-state index in [1.54, 1.807) is 6.07 Å². The monoisotopic (exact) mass is 406 g/mol. The van der Waals surface area contributed by atoms with Crippen LogP contribution in [0.1, 0.15) is 66.2 Å². The maximum Gasteiger partial charge on any atom is 0.277 e. The number of nitrogens with one attached hydrogen (secondary N) is 1. The lowest BCUT2D eigenvalue weighted by Gasteiger charge is -2.32. The van der Waals surface area contributed by atoms with Crippen molar-refractivity contribution in [1.82, 2.24) is 10.4 Å². The molecule has 0 bridgehead atoms. The largest absolute Gasteiger partial charge is 0.356 e. The van der Waals surface area contributed by atoms with Crippen LogP contribution in [0.5, 0.6) is 0 Å². The van der Waals surface area contributed by atoms with Crippen LogP contribution in [-0.4, -0.2) is 28.6 Å². The summed E-state index contributed by atoms with van der Waals surface area (Å²) in [6.45, 7) is 7.35. The van der Waals surface area contributed by atoms with Gasteiger partial charge in [0.25, 0.3) is 5.91 Å². The van der Waals surface area contributed by atoms with E-state index < -0.39 is 5.91 Å². The summed E-state index contributed by atoms with van der Waals surface area (Å²) in [6, 6.07) is 13.6. The van der Waals surface area contributed by atoms with E-state index in [4.69, 9.17) is 0 Å². The zero-order chi connectivity index (χ0) is 21.5. The number of benzene rings is 2. The molecule has 1 saturated heterocycles. The Morgan fingerprint density at radius 3 is 2.47 bits per heavy atom. The molecule has 2 amide bonds. The van der Waals surface area contributed by atoms with E-state index >= 15 is 0 Å². The van der Waals surface area contributed by atoms with Crippen LogP contribution >= 0.6 is 0 Å². The molecular formula is C25H30N2O3. The molecule has 1 aliphatic heterocycles. The van der Waals surface area contributed by atoms with E-state index in [-0.39, 0.29) is 23.3 Å². The summed E-state index contributed by atoms with van der Waals surface area (Å²) < 4.78 is 0. The Balaban J connectivity index is 1.45. The number of fused-ring (bicyclic) bond motifs is 1. The molecule has 0 unspecified atom stereocenters. The van der Waals surface area contributed by atoms with Crippen LogP contribution in [0.4, 0.5) is 0 Å². The molecule has 158 valence electrons. The quantitative estimate of drug-likeness (QED) is 0.598. The first-order chi connectivity index (χ1) is 14.2. The molecule has 30 heavy (non-hydrogen) atoms. The van der Waals surface area contributed by atoms with Gasteiger partial charge in [-0.1, -0.05) is 51.1 Å². The van der Waals surface area contributed by atoms with Crippen molar-refractivity contribution in [2.75, 3.05) is 6.54 Å². The van der Waals surface area contributed by atoms with Gasteiger partial charge in [-0.15, -0.1) is 0 Å². The van der Waals surface area contributed by atoms with Gasteiger partial charge in [0.05, 0.1) is 12.0 Å². The summed E-state index contributed by atoms with van der Waals surface area (Å²) in [5, 5.41) is 14.1. The average Bonchev–Trinajstić information content (AvgIpc) is 3.06. The summed E-state index contributed by atoms with van der Waals surface area (Å²) in [6.07, 6.45) is 3.20. The maximum absolute atomic E-state index is 12.8. The Morgan fingerprint density at radius 2 is 1.83 bits per heavy atom. The number of rotatable bonds is 3. The fourth-order valence-corrected chi connectivity index (χ4v) is 4.62. The number of hydroxylamine groups is 2. The van der Waals surface area contributed by atoms with Gasteiger partial charge in [0.15, 0.2) is 0 Å². The molecule has 5 heteroatoms. The van der Waals surface area contributed by atoms with Gasteiger partial charge in [-0.05, 0) is 65.5 Å². The first-order valence-corrected chi connectivity index (χ1v) is 10.7. The van der Waals surface area contributed by atoms with Gasteiger partial charge in [-0.25, -0.2) is 5.06 Å². The lowest BCUT2D eigenvalue weighted by atomic mass is 9.70. The predicted molar refractivity (Wildman–Crippen MR) is 115 cm³/mol. The number of carbonyl (C=O) groups excluding carboxylic acids is 2. The SMILES string of the molecule is CC(C)(C)c1ccc(CN(O)C(=O)c2ccc3c(c2)CC[C@@]2(CCNC2=O)C3)cc1. The van der Waals surface area contributed by atoms with Crippen LogP contribution in [0.15, 0.2) is 42.5 Å². The second kappa shape index (κ2) is 7.55. The second-order valence-corrected chi connectivity index (χ2v) is 9.76. The summed E-state index contributed by atoms with van der Waals surface area (Å²) in [7, 11) is 0. The Bertz CT molecular complexity index is 975. The highest BCUT2D eigenvalue weighted by atomic mass is 16.5. The van der Waals surface area contributed by atoms with Gasteiger partial charge in [-0.2, -0.15) is 0 Å². The Labute approximate surface area is 178 Å². The second-order valence-electron chi connectivity index (χ2n) is 9.76. The van der Waals surface area contributed by atoms with Crippen LogP contribution < -0.4 is 5.32 Å². The molecule has 5 nitrogen and oxygen atoms in total. The maximum atomic E-state index is 12.8. The van der Waals surface area contributed by atoms with Gasteiger partial charge >= 0.3 is 0 Å². The fraction of sp³-hybridized carbons (Fsp3) is 0.440. The van der Waals surface area contributed by atoms with Crippen LogP contribution in [-0.2, 0) is 29.6 Å². The minimum Gasteiger partial charge on any atom is -0.356 e. The molecular weight excluding hydrogens is 376 g/mol. The van der Waals surface area contributed by atoms with Gasteiger partial charge < -0.3 is 5.32 Å². The van der Waals surface area contributed by atoms with E-state index in [9.17, 15) is 14.8 Å². The van der Waals surface area contributed by atoms with E-state index in [1.807, 2.05) is 36.4 Å². The molecule has 0 aromatic heterocycles. The van der Waals surface area contributed by atoms with Gasteiger partial charge in [0, 0.05) is 12.1 Å². The molecule has 1 heterocycles. The molecule has 2 N–H and O–H groups in total. The Morgan fingerprint density at radius 1 is 1.10 bits per heavy atom. The van der Waals surface area contributed by atoms with Crippen LogP contribution in [0.25, 0.3) is 0 Å². The van der Waals surface area contributed by atoms with Crippen molar-refractivity contribution in [2.24, 2.45) is 5.41 Å². The number of hydrogen-bond donors (Lipinski definition) is 2. The fourth-order valence-electron chi connectivity index (χ4n) is 4.62. The van der Waals surface area contributed by atoms with Crippen LogP contribution in [0, 0.1) is 5.41 Å². The normalized spacial score (nSPS) is 20.7. The highest BCUT2D eigenvalue weighted by molar-refractivity contribution is 5.94. The summed E-state index contributed by atoms with van der Waals surface area (Å²) in [5.74, 6) is -0.246. The van der Waals surface area contributed by atoms with Crippen LogP contribution in [0.3, 0.4) is 0 Å². The molecule has 2 aromatic rings. The first kappa shape index (κ1) is 20.6. The highest BCUT2D eigenvalue weighted by Gasteiger charge is 2.44. The van der Waals surface area contributed by atoms with Gasteiger partial charge in [-0.3, -0.25) is 14.8 Å². The standard InChI is InChI=1S/C25H30N2O3/c1-24(2,3)21-8-4-17(5-9-21)16-27(30)22(28)19-6-7-20-15-25(11-10-18(20)14-19)12-13-26-23(25)29/h4-9,14,30H,10-13,15-16H2,1-3H3,(H,26,29)/t25-/m1/s1. The lowest BCUT2D eigenvalue weighted by molar-refractivity contribution is -0.128. The molecule has 1 atom stereocenters. The van der Waals surface area contributed by atoms with Crippen LogP contribution in [0.2, 0.25) is 0 Å². The summed E-state index contributed by atoms with van der Waals surface area (Å²) in [4.78, 5) is 25.0. The van der Waals surface area contributed by atoms with Crippen molar-refractivity contribution >= 4 is 11.8 Å². The average molecular weight is 407 g/mol. The molecule has 1 fully saturated rings. The number of aryl methyl sites for hydroxylation is 1. The molecule has 2 aromatic carbocycles. The van der Waals surface area contributed by atoms with Crippen molar-refractivity contribution in [1.29, 1.82) is 0 Å². The zero-order valence-electron chi connectivity index (χ0n) is 18.0. The molecule has 4 rings (SSSR count). The number of carbonyl (C=O) groups is 2. The molecule has 2 aliphatic rings. The Hall–Kier alpha value is -2.66. The minimum absolute atomic E-state index is 0.0636. The molecule has 1 aliphatic carbocycles. The Kier molecular flexibility index (Phi) is 5.18. The van der Waals surface area contributed by atoms with Gasteiger partial charge in [0.1, 0.15) is 0 Å².